The van der Waals surface area contributed by atoms with Crippen LogP contribution in [0.25, 0.3) is 10.2 Å². The number of nitrogens with zero attached hydrogens (tertiary/aromatic N) is 3. The summed E-state index contributed by atoms with van der Waals surface area (Å²) in [4.78, 5) is 33.4. The SMILES string of the molecule is COc1ccc([N+](=O)[O-])cc1NC(=O)CSc1ncnc2sc(C)c(C)c12. The number of amides is 1. The molecule has 3 aromatic rings. The fraction of sp³-hybridized carbons (Fsp3) is 0.235. The predicted octanol–water partition coefficient (Wildman–Crippen LogP) is 3.96. The number of carbonyl (C=O) groups excluding carboxylic acids is 1. The Hall–Kier alpha value is -2.72. The van der Waals surface area contributed by atoms with Crippen molar-refractivity contribution >= 4 is 50.6 Å². The Bertz CT molecular complexity index is 1040. The third-order valence-corrected chi connectivity index (χ3v) is 6.04. The first-order valence-electron chi connectivity index (χ1n) is 7.86. The highest BCUT2D eigenvalue weighted by Gasteiger charge is 2.16. The summed E-state index contributed by atoms with van der Waals surface area (Å²) in [5, 5.41) is 15.3. The molecule has 0 atom stereocenters. The monoisotopic (exact) mass is 404 g/mol. The van der Waals surface area contributed by atoms with Gasteiger partial charge in [0.15, 0.2) is 0 Å². The first-order chi connectivity index (χ1) is 12.9. The number of anilines is 1. The number of benzene rings is 1. The Morgan fingerprint density at radius 2 is 2.15 bits per heavy atom. The summed E-state index contributed by atoms with van der Waals surface area (Å²) >= 11 is 2.89. The molecule has 0 unspecified atom stereocenters. The van der Waals surface area contributed by atoms with E-state index in [0.717, 1.165) is 25.7 Å². The summed E-state index contributed by atoms with van der Waals surface area (Å²) in [6.07, 6.45) is 1.49. The first kappa shape index (κ1) is 19.1. The number of fused-ring (bicyclic) bond motifs is 1. The lowest BCUT2D eigenvalue weighted by molar-refractivity contribution is -0.384. The van der Waals surface area contributed by atoms with Crippen molar-refractivity contribution in [1.29, 1.82) is 0 Å². The molecule has 2 heterocycles. The molecule has 0 aliphatic rings. The van der Waals surface area contributed by atoms with E-state index >= 15 is 0 Å². The maximum absolute atomic E-state index is 12.4. The van der Waals surface area contributed by atoms with Crippen molar-refractivity contribution in [3.05, 3.63) is 45.1 Å². The number of aromatic nitrogens is 2. The van der Waals surface area contributed by atoms with E-state index in [1.54, 1.807) is 11.3 Å². The van der Waals surface area contributed by atoms with Crippen LogP contribution in [-0.4, -0.2) is 33.7 Å². The Kier molecular flexibility index (Phi) is 5.57. The second kappa shape index (κ2) is 7.89. The molecule has 0 saturated carbocycles. The normalized spacial score (nSPS) is 10.8. The van der Waals surface area contributed by atoms with E-state index in [0.29, 0.717) is 5.75 Å². The van der Waals surface area contributed by atoms with Crippen LogP contribution in [0.5, 0.6) is 5.75 Å². The molecule has 0 saturated heterocycles. The van der Waals surface area contributed by atoms with E-state index in [4.69, 9.17) is 4.74 Å². The fourth-order valence-electron chi connectivity index (χ4n) is 2.49. The third kappa shape index (κ3) is 4.01. The van der Waals surface area contributed by atoms with Gasteiger partial charge in [-0.2, -0.15) is 0 Å². The van der Waals surface area contributed by atoms with Gasteiger partial charge >= 0.3 is 0 Å². The molecule has 27 heavy (non-hydrogen) atoms. The van der Waals surface area contributed by atoms with E-state index in [2.05, 4.69) is 15.3 Å². The number of nitrogens with one attached hydrogen (secondary N) is 1. The summed E-state index contributed by atoms with van der Waals surface area (Å²) in [6, 6.07) is 4.05. The average molecular weight is 404 g/mol. The molecule has 0 aliphatic carbocycles. The van der Waals surface area contributed by atoms with Gasteiger partial charge in [-0.3, -0.25) is 14.9 Å². The number of aryl methyl sites for hydroxylation is 2. The van der Waals surface area contributed by atoms with Gasteiger partial charge in [0.25, 0.3) is 5.69 Å². The Morgan fingerprint density at radius 3 is 2.85 bits per heavy atom. The summed E-state index contributed by atoms with van der Waals surface area (Å²) in [5.41, 5.74) is 1.24. The van der Waals surface area contributed by atoms with Gasteiger partial charge in [-0.25, -0.2) is 9.97 Å². The average Bonchev–Trinajstić information content (AvgIpc) is 2.94. The lowest BCUT2D eigenvalue weighted by Gasteiger charge is -2.10. The van der Waals surface area contributed by atoms with Crippen LogP contribution in [0.15, 0.2) is 29.6 Å². The Balaban J connectivity index is 1.76. The van der Waals surface area contributed by atoms with Gasteiger partial charge in [0.1, 0.15) is 21.9 Å². The number of non-ortho nitro benzene ring substituents is 1. The van der Waals surface area contributed by atoms with Gasteiger partial charge < -0.3 is 10.1 Å². The van der Waals surface area contributed by atoms with E-state index in [1.807, 2.05) is 13.8 Å². The van der Waals surface area contributed by atoms with Crippen LogP contribution in [0.4, 0.5) is 11.4 Å². The molecule has 140 valence electrons. The van der Waals surface area contributed by atoms with Crippen LogP contribution >= 0.6 is 23.1 Å². The highest BCUT2D eigenvalue weighted by atomic mass is 32.2. The maximum Gasteiger partial charge on any atom is 0.271 e. The molecule has 1 N–H and O–H groups in total. The van der Waals surface area contributed by atoms with Crippen LogP contribution in [0.2, 0.25) is 0 Å². The van der Waals surface area contributed by atoms with Crippen molar-refractivity contribution in [1.82, 2.24) is 9.97 Å². The van der Waals surface area contributed by atoms with Gasteiger partial charge in [0.05, 0.1) is 23.5 Å². The summed E-state index contributed by atoms with van der Waals surface area (Å²) < 4.78 is 5.16. The quantitative estimate of drug-likeness (QED) is 0.287. The molecule has 8 nitrogen and oxygen atoms in total. The number of thiophene rings is 1. The number of hydrogen-bond acceptors (Lipinski definition) is 8. The number of carbonyl (C=O) groups is 1. The highest BCUT2D eigenvalue weighted by Crippen LogP contribution is 2.34. The maximum atomic E-state index is 12.4. The highest BCUT2D eigenvalue weighted by molar-refractivity contribution is 8.00. The molecule has 2 aromatic heterocycles. The molecule has 3 rings (SSSR count). The summed E-state index contributed by atoms with van der Waals surface area (Å²) in [6.45, 7) is 4.03. The Morgan fingerprint density at radius 1 is 1.37 bits per heavy atom. The van der Waals surface area contributed by atoms with Crippen molar-refractivity contribution in [2.75, 3.05) is 18.2 Å². The number of nitro benzene ring substituents is 1. The number of thioether (sulfide) groups is 1. The third-order valence-electron chi connectivity index (χ3n) is 3.94. The van der Waals surface area contributed by atoms with Gasteiger partial charge in [-0.05, 0) is 25.5 Å². The van der Waals surface area contributed by atoms with Crippen molar-refractivity contribution in [3.63, 3.8) is 0 Å². The van der Waals surface area contributed by atoms with E-state index < -0.39 is 4.92 Å². The van der Waals surface area contributed by atoms with Crippen LogP contribution < -0.4 is 10.1 Å². The zero-order valence-electron chi connectivity index (χ0n) is 14.8. The van der Waals surface area contributed by atoms with Gasteiger partial charge in [-0.15, -0.1) is 11.3 Å². The van der Waals surface area contributed by atoms with Crippen LogP contribution in [0, 0.1) is 24.0 Å². The van der Waals surface area contributed by atoms with Crippen molar-refractivity contribution < 1.29 is 14.5 Å². The van der Waals surface area contributed by atoms with Gasteiger partial charge in [-0.1, -0.05) is 11.8 Å². The minimum Gasteiger partial charge on any atom is -0.495 e. The van der Waals surface area contributed by atoms with Crippen LogP contribution in [-0.2, 0) is 4.79 Å². The van der Waals surface area contributed by atoms with Gasteiger partial charge in [0.2, 0.25) is 5.91 Å². The second-order valence-electron chi connectivity index (χ2n) is 5.62. The lowest BCUT2D eigenvalue weighted by atomic mass is 10.2. The topological polar surface area (TPSA) is 107 Å². The zero-order valence-corrected chi connectivity index (χ0v) is 16.4. The van der Waals surface area contributed by atoms with Crippen molar-refractivity contribution in [3.8, 4) is 5.75 Å². The lowest BCUT2D eigenvalue weighted by Crippen LogP contribution is -2.15. The number of rotatable bonds is 6. The number of nitro groups is 1. The van der Waals surface area contributed by atoms with Gasteiger partial charge in [0, 0.05) is 22.4 Å². The predicted molar refractivity (Wildman–Crippen MR) is 106 cm³/mol. The zero-order chi connectivity index (χ0) is 19.6. The minimum absolute atomic E-state index is 0.103. The summed E-state index contributed by atoms with van der Waals surface area (Å²) in [7, 11) is 1.44. The minimum atomic E-state index is -0.525. The molecule has 0 radical (unpaired) electrons. The molecule has 0 spiro atoms. The fourth-order valence-corrected chi connectivity index (χ4v) is 4.40. The van der Waals surface area contributed by atoms with Crippen molar-refractivity contribution in [2.45, 2.75) is 18.9 Å². The van der Waals surface area contributed by atoms with Crippen molar-refractivity contribution in [2.24, 2.45) is 0 Å². The number of ether oxygens (including phenoxy) is 1. The summed E-state index contributed by atoms with van der Waals surface area (Å²) in [5.74, 6) is 0.148. The first-order valence-corrected chi connectivity index (χ1v) is 9.66. The molecule has 0 fully saturated rings. The standard InChI is InChI=1S/C17H16N4O4S2/c1-9-10(2)27-17-15(9)16(18-8-19-17)26-7-14(22)20-12-6-11(21(23)24)4-5-13(12)25-3/h4-6,8H,7H2,1-3H3,(H,20,22). The second-order valence-corrected chi connectivity index (χ2v) is 7.79. The molecular formula is C17H16N4O4S2. The molecular weight excluding hydrogens is 388 g/mol. The molecule has 0 aliphatic heterocycles. The largest absolute Gasteiger partial charge is 0.495 e. The Labute approximate surface area is 163 Å². The molecule has 1 aromatic carbocycles. The molecule has 1 amide bonds. The van der Waals surface area contributed by atoms with Crippen LogP contribution in [0.1, 0.15) is 10.4 Å². The van der Waals surface area contributed by atoms with E-state index in [-0.39, 0.29) is 23.0 Å². The number of hydrogen-bond donors (Lipinski definition) is 1. The van der Waals surface area contributed by atoms with Crippen LogP contribution in [0.3, 0.4) is 0 Å². The smallest absolute Gasteiger partial charge is 0.271 e. The van der Waals surface area contributed by atoms with E-state index in [9.17, 15) is 14.9 Å². The van der Waals surface area contributed by atoms with E-state index in [1.165, 1.54) is 43.4 Å². The molecule has 0 bridgehead atoms. The molecule has 10 heteroatoms. The number of methoxy groups -OCH3 is 1.